The maximum Gasteiger partial charge on any atom is 0.435 e. The van der Waals surface area contributed by atoms with Gasteiger partial charge in [-0.15, -0.1) is 0 Å². The monoisotopic (exact) mass is 392 g/mol. The molecule has 0 unspecified atom stereocenters. The van der Waals surface area contributed by atoms with Gasteiger partial charge < -0.3 is 4.74 Å². The molecule has 1 aromatic carbocycles. The van der Waals surface area contributed by atoms with Gasteiger partial charge in [-0.2, -0.15) is 18.2 Å². The molecule has 138 valence electrons. The van der Waals surface area contributed by atoms with Crippen molar-refractivity contribution in [3.63, 3.8) is 0 Å². The van der Waals surface area contributed by atoms with Crippen LogP contribution in [0.15, 0.2) is 36.4 Å². The van der Waals surface area contributed by atoms with Crippen LogP contribution in [-0.4, -0.2) is 26.5 Å². The Balaban J connectivity index is 2.24. The number of pyridine rings is 1. The highest BCUT2D eigenvalue weighted by Gasteiger charge is 2.39. The number of aromatic nitrogens is 4. The van der Waals surface area contributed by atoms with Gasteiger partial charge in [0.15, 0.2) is 16.5 Å². The summed E-state index contributed by atoms with van der Waals surface area (Å²) in [7, 11) is 1.42. The van der Waals surface area contributed by atoms with Crippen molar-refractivity contribution in [3.8, 4) is 17.3 Å². The van der Waals surface area contributed by atoms with E-state index in [1.165, 1.54) is 11.5 Å². The van der Waals surface area contributed by atoms with E-state index in [1.807, 2.05) is 0 Å². The lowest BCUT2D eigenvalue weighted by Gasteiger charge is -2.09. The number of nitrogens with zero attached hydrogens (tertiary/aromatic N) is 4. The van der Waals surface area contributed by atoms with Gasteiger partial charge in [0, 0.05) is 11.6 Å². The van der Waals surface area contributed by atoms with Crippen LogP contribution >= 0.6 is 11.6 Å². The van der Waals surface area contributed by atoms with Crippen molar-refractivity contribution in [1.29, 1.82) is 0 Å². The number of hydrogen-bond acceptors (Lipinski definition) is 4. The van der Waals surface area contributed by atoms with E-state index in [9.17, 15) is 13.2 Å². The summed E-state index contributed by atoms with van der Waals surface area (Å²) in [4.78, 5) is 12.2. The Hall–Kier alpha value is -2.87. The molecule has 3 aromatic heterocycles. The molecule has 0 radical (unpaired) electrons. The number of benzene rings is 1. The van der Waals surface area contributed by atoms with E-state index in [-0.39, 0.29) is 28.0 Å². The quantitative estimate of drug-likeness (QED) is 0.485. The van der Waals surface area contributed by atoms with E-state index in [4.69, 9.17) is 16.3 Å². The molecule has 4 aromatic rings. The molecule has 0 bridgehead atoms. The number of halogens is 4. The SMILES string of the molecule is COc1ccc2nc(Cl)c3c(C(F)(F)F)nc(-c4ccccc4C)n3c2n1. The van der Waals surface area contributed by atoms with Crippen LogP contribution in [0, 0.1) is 6.92 Å². The summed E-state index contributed by atoms with van der Waals surface area (Å²) < 4.78 is 47.4. The molecule has 0 aliphatic rings. The van der Waals surface area contributed by atoms with Crippen LogP contribution in [-0.2, 0) is 6.18 Å². The highest BCUT2D eigenvalue weighted by atomic mass is 35.5. The van der Waals surface area contributed by atoms with Crippen molar-refractivity contribution < 1.29 is 17.9 Å². The number of alkyl halides is 3. The molecule has 0 N–H and O–H groups in total. The Morgan fingerprint density at radius 3 is 2.44 bits per heavy atom. The van der Waals surface area contributed by atoms with Crippen LogP contribution in [0.3, 0.4) is 0 Å². The third-order valence-electron chi connectivity index (χ3n) is 4.20. The number of aryl methyl sites for hydroxylation is 1. The van der Waals surface area contributed by atoms with Crippen LogP contribution in [0.5, 0.6) is 5.88 Å². The molecule has 27 heavy (non-hydrogen) atoms. The molecule has 0 saturated heterocycles. The van der Waals surface area contributed by atoms with Crippen LogP contribution in [0.25, 0.3) is 28.1 Å². The van der Waals surface area contributed by atoms with Crippen molar-refractivity contribution in [2.45, 2.75) is 13.1 Å². The maximum atomic E-state index is 13.7. The molecule has 0 amide bonds. The molecule has 0 aliphatic heterocycles. The fourth-order valence-corrected chi connectivity index (χ4v) is 3.23. The third-order valence-corrected chi connectivity index (χ3v) is 4.46. The summed E-state index contributed by atoms with van der Waals surface area (Å²) in [5, 5.41) is -0.297. The Kier molecular flexibility index (Phi) is 3.96. The zero-order valence-corrected chi connectivity index (χ0v) is 14.9. The van der Waals surface area contributed by atoms with Crippen LogP contribution in [0.4, 0.5) is 13.2 Å². The number of fused-ring (bicyclic) bond motifs is 3. The molecule has 0 aliphatic carbocycles. The van der Waals surface area contributed by atoms with Crippen molar-refractivity contribution in [3.05, 3.63) is 52.8 Å². The minimum absolute atomic E-state index is 0.0884. The number of methoxy groups -OCH3 is 1. The lowest BCUT2D eigenvalue weighted by Crippen LogP contribution is -2.07. The predicted octanol–water partition coefficient (Wildman–Crippen LogP) is 4.93. The van der Waals surface area contributed by atoms with Gasteiger partial charge in [0.25, 0.3) is 0 Å². The standard InChI is InChI=1S/C18H12ClF3N4O/c1-9-5-3-4-6-10(9)16-25-14(18(20,21)22)13-15(19)23-11-7-8-12(27-2)24-17(11)26(13)16/h3-8H,1-2H3. The Bertz CT molecular complexity index is 1190. The second-order valence-corrected chi connectivity index (χ2v) is 6.24. The first-order valence-corrected chi connectivity index (χ1v) is 8.25. The van der Waals surface area contributed by atoms with Crippen LogP contribution in [0.1, 0.15) is 11.3 Å². The predicted molar refractivity (Wildman–Crippen MR) is 95.0 cm³/mol. The van der Waals surface area contributed by atoms with E-state index in [0.29, 0.717) is 11.1 Å². The first-order chi connectivity index (χ1) is 12.8. The largest absolute Gasteiger partial charge is 0.481 e. The Morgan fingerprint density at radius 1 is 1.04 bits per heavy atom. The minimum atomic E-state index is -4.70. The second kappa shape index (κ2) is 6.09. The third kappa shape index (κ3) is 2.76. The molecule has 5 nitrogen and oxygen atoms in total. The second-order valence-electron chi connectivity index (χ2n) is 5.88. The normalized spacial score (nSPS) is 12.1. The summed E-state index contributed by atoms with van der Waals surface area (Å²) in [5.41, 5.74) is 0.364. The fraction of sp³-hybridized carbons (Fsp3) is 0.167. The van der Waals surface area contributed by atoms with Gasteiger partial charge in [0.2, 0.25) is 5.88 Å². The topological polar surface area (TPSA) is 52.3 Å². The fourth-order valence-electron chi connectivity index (χ4n) is 2.97. The molecule has 9 heteroatoms. The van der Waals surface area contributed by atoms with Gasteiger partial charge in [-0.3, -0.25) is 4.40 Å². The first-order valence-electron chi connectivity index (χ1n) is 7.87. The molecular weight excluding hydrogens is 381 g/mol. The molecule has 0 fully saturated rings. The van der Waals surface area contributed by atoms with Gasteiger partial charge in [0.05, 0.1) is 7.11 Å². The summed E-state index contributed by atoms with van der Waals surface area (Å²) in [5.74, 6) is 0.330. The molecule has 3 heterocycles. The van der Waals surface area contributed by atoms with Gasteiger partial charge in [-0.1, -0.05) is 35.9 Å². The van der Waals surface area contributed by atoms with Crippen molar-refractivity contribution >= 4 is 28.3 Å². The van der Waals surface area contributed by atoms with Crippen molar-refractivity contribution in [1.82, 2.24) is 19.4 Å². The summed E-state index contributed by atoms with van der Waals surface area (Å²) in [6.45, 7) is 1.79. The number of ether oxygens (including phenoxy) is 1. The van der Waals surface area contributed by atoms with E-state index >= 15 is 0 Å². The van der Waals surface area contributed by atoms with Crippen molar-refractivity contribution in [2.24, 2.45) is 0 Å². The number of hydrogen-bond donors (Lipinski definition) is 0. The summed E-state index contributed by atoms with van der Waals surface area (Å²) in [6.07, 6.45) is -4.70. The molecule has 0 spiro atoms. The zero-order chi connectivity index (χ0) is 19.3. The summed E-state index contributed by atoms with van der Waals surface area (Å²) in [6, 6.07) is 10.2. The van der Waals surface area contributed by atoms with Gasteiger partial charge in [0.1, 0.15) is 16.9 Å². The Labute approximate surface area is 156 Å². The molecule has 4 rings (SSSR count). The molecule has 0 saturated carbocycles. The average Bonchev–Trinajstić information content (AvgIpc) is 3.04. The minimum Gasteiger partial charge on any atom is -0.481 e. The molecule has 0 atom stereocenters. The average molecular weight is 393 g/mol. The van der Waals surface area contributed by atoms with E-state index in [2.05, 4.69) is 15.0 Å². The smallest absolute Gasteiger partial charge is 0.435 e. The highest BCUT2D eigenvalue weighted by molar-refractivity contribution is 6.33. The first kappa shape index (κ1) is 17.5. The van der Waals surface area contributed by atoms with Gasteiger partial charge in [-0.25, -0.2) is 9.97 Å². The number of imidazole rings is 1. The molecular formula is C18H12ClF3N4O. The maximum absolute atomic E-state index is 13.7. The van der Waals surface area contributed by atoms with E-state index in [1.54, 1.807) is 43.3 Å². The lowest BCUT2D eigenvalue weighted by molar-refractivity contribution is -0.139. The zero-order valence-electron chi connectivity index (χ0n) is 14.2. The highest BCUT2D eigenvalue weighted by Crippen LogP contribution is 2.39. The van der Waals surface area contributed by atoms with E-state index < -0.39 is 11.9 Å². The Morgan fingerprint density at radius 2 is 1.78 bits per heavy atom. The number of rotatable bonds is 2. The lowest BCUT2D eigenvalue weighted by atomic mass is 10.1. The van der Waals surface area contributed by atoms with Gasteiger partial charge >= 0.3 is 6.18 Å². The van der Waals surface area contributed by atoms with E-state index in [0.717, 1.165) is 5.56 Å². The van der Waals surface area contributed by atoms with Gasteiger partial charge in [-0.05, 0) is 18.6 Å². The van der Waals surface area contributed by atoms with Crippen LogP contribution < -0.4 is 4.74 Å². The van der Waals surface area contributed by atoms with Crippen molar-refractivity contribution in [2.75, 3.05) is 7.11 Å². The van der Waals surface area contributed by atoms with Crippen LogP contribution in [0.2, 0.25) is 5.15 Å². The summed E-state index contributed by atoms with van der Waals surface area (Å²) >= 11 is 6.13.